The van der Waals surface area contributed by atoms with Crippen molar-refractivity contribution in [2.45, 2.75) is 12.5 Å². The van der Waals surface area contributed by atoms with Crippen LogP contribution in [0.15, 0.2) is 67.1 Å². The number of ether oxygens (including phenoxy) is 1. The molecule has 1 aliphatic heterocycles. The molecule has 0 spiro atoms. The van der Waals surface area contributed by atoms with E-state index in [0.717, 1.165) is 59.0 Å². The van der Waals surface area contributed by atoms with Gasteiger partial charge in [-0.15, -0.1) is 0 Å². The number of rotatable bonds is 5. The van der Waals surface area contributed by atoms with Crippen molar-refractivity contribution < 1.29 is 4.74 Å². The number of hydrogen-bond acceptors (Lipinski definition) is 4. The summed E-state index contributed by atoms with van der Waals surface area (Å²) in [6.45, 7) is 1.98. The second kappa shape index (κ2) is 7.56. The Kier molecular flexibility index (Phi) is 4.62. The summed E-state index contributed by atoms with van der Waals surface area (Å²) >= 11 is 0. The molecule has 1 saturated heterocycles. The number of nitrogens with zero attached hydrogens (tertiary/aromatic N) is 3. The van der Waals surface area contributed by atoms with Crippen LogP contribution < -0.4 is 10.1 Å². The molecule has 6 nitrogen and oxygen atoms in total. The van der Waals surface area contributed by atoms with Crippen molar-refractivity contribution in [1.29, 1.82) is 0 Å². The molecule has 0 radical (unpaired) electrons. The van der Waals surface area contributed by atoms with E-state index in [0.29, 0.717) is 6.04 Å². The highest BCUT2D eigenvalue weighted by Gasteiger charge is 2.25. The maximum atomic E-state index is 5.31. The van der Waals surface area contributed by atoms with Gasteiger partial charge in [0, 0.05) is 29.3 Å². The van der Waals surface area contributed by atoms with Crippen molar-refractivity contribution in [2.24, 2.45) is 0 Å². The van der Waals surface area contributed by atoms with Crippen molar-refractivity contribution >= 4 is 0 Å². The van der Waals surface area contributed by atoms with Gasteiger partial charge in [0.15, 0.2) is 0 Å². The number of aromatic amines is 1. The van der Waals surface area contributed by atoms with E-state index in [1.807, 2.05) is 30.7 Å². The van der Waals surface area contributed by atoms with E-state index >= 15 is 0 Å². The SMILES string of the molecule is COc1ccc(-c2[nH]ncc2-c2c(-c3ccccc3)ncn2[C@@H]2CCNC2)cc1. The maximum Gasteiger partial charge on any atom is 0.118 e. The molecule has 0 aliphatic carbocycles. The Morgan fingerprint density at radius 2 is 1.86 bits per heavy atom. The second-order valence-electron chi connectivity index (χ2n) is 7.25. The third kappa shape index (κ3) is 3.21. The summed E-state index contributed by atoms with van der Waals surface area (Å²) in [6, 6.07) is 18.8. The summed E-state index contributed by atoms with van der Waals surface area (Å²) in [6.07, 6.45) is 4.97. The van der Waals surface area contributed by atoms with Crippen LogP contribution >= 0.6 is 0 Å². The minimum Gasteiger partial charge on any atom is -0.497 e. The van der Waals surface area contributed by atoms with Gasteiger partial charge in [0.2, 0.25) is 0 Å². The molecule has 3 heterocycles. The van der Waals surface area contributed by atoms with Crippen LogP contribution in [-0.4, -0.2) is 39.9 Å². The highest BCUT2D eigenvalue weighted by Crippen LogP contribution is 2.38. The lowest BCUT2D eigenvalue weighted by atomic mass is 10.0. The van der Waals surface area contributed by atoms with Crippen LogP contribution in [0.5, 0.6) is 5.75 Å². The van der Waals surface area contributed by atoms with Crippen molar-refractivity contribution in [1.82, 2.24) is 25.1 Å². The molecule has 2 aromatic heterocycles. The Morgan fingerprint density at radius 3 is 2.59 bits per heavy atom. The number of aromatic nitrogens is 4. The van der Waals surface area contributed by atoms with Gasteiger partial charge in [0.25, 0.3) is 0 Å². The Labute approximate surface area is 169 Å². The van der Waals surface area contributed by atoms with Crippen molar-refractivity contribution in [2.75, 3.05) is 20.2 Å². The molecule has 1 fully saturated rings. The zero-order chi connectivity index (χ0) is 19.6. The zero-order valence-corrected chi connectivity index (χ0v) is 16.3. The average molecular weight is 385 g/mol. The molecule has 1 atom stereocenters. The lowest BCUT2D eigenvalue weighted by Crippen LogP contribution is -2.13. The van der Waals surface area contributed by atoms with Gasteiger partial charge < -0.3 is 14.6 Å². The van der Waals surface area contributed by atoms with Crippen LogP contribution in [0.1, 0.15) is 12.5 Å². The van der Waals surface area contributed by atoms with Crippen LogP contribution in [0.4, 0.5) is 0 Å². The smallest absolute Gasteiger partial charge is 0.118 e. The van der Waals surface area contributed by atoms with Crippen LogP contribution in [0, 0.1) is 0 Å². The van der Waals surface area contributed by atoms with Gasteiger partial charge in [-0.25, -0.2) is 4.98 Å². The van der Waals surface area contributed by atoms with Crippen LogP contribution in [0.3, 0.4) is 0 Å². The van der Waals surface area contributed by atoms with E-state index < -0.39 is 0 Å². The Hall–Kier alpha value is -3.38. The van der Waals surface area contributed by atoms with Gasteiger partial charge >= 0.3 is 0 Å². The molecule has 5 rings (SSSR count). The summed E-state index contributed by atoms with van der Waals surface area (Å²) in [5.74, 6) is 0.835. The Morgan fingerprint density at radius 1 is 1.03 bits per heavy atom. The summed E-state index contributed by atoms with van der Waals surface area (Å²) in [4.78, 5) is 4.82. The molecule has 4 aromatic rings. The van der Waals surface area contributed by atoms with Crippen LogP contribution in [-0.2, 0) is 0 Å². The molecule has 0 bridgehead atoms. The summed E-state index contributed by atoms with van der Waals surface area (Å²) < 4.78 is 7.61. The highest BCUT2D eigenvalue weighted by atomic mass is 16.5. The topological polar surface area (TPSA) is 67.8 Å². The molecule has 146 valence electrons. The van der Waals surface area contributed by atoms with E-state index in [2.05, 4.69) is 56.5 Å². The van der Waals surface area contributed by atoms with Crippen molar-refractivity contribution in [3.63, 3.8) is 0 Å². The second-order valence-corrected chi connectivity index (χ2v) is 7.25. The lowest BCUT2D eigenvalue weighted by molar-refractivity contribution is 0.415. The van der Waals surface area contributed by atoms with Gasteiger partial charge in [-0.1, -0.05) is 30.3 Å². The first kappa shape index (κ1) is 17.7. The first-order valence-electron chi connectivity index (χ1n) is 9.86. The van der Waals surface area contributed by atoms with E-state index in [1.54, 1.807) is 7.11 Å². The normalized spacial score (nSPS) is 16.2. The predicted molar refractivity (Wildman–Crippen MR) is 114 cm³/mol. The standard InChI is InChI=1S/C23H23N5O/c1-29-19-9-7-17(8-10-19)21-20(14-26-27-21)23-22(16-5-3-2-4-6-16)25-15-28(23)18-11-12-24-13-18/h2-10,14-15,18,24H,11-13H2,1H3,(H,26,27)/t18-/m1/s1. The zero-order valence-electron chi connectivity index (χ0n) is 16.3. The molecule has 2 aromatic carbocycles. The fraction of sp³-hybridized carbons (Fsp3) is 0.217. The van der Waals surface area contributed by atoms with Gasteiger partial charge in [0.1, 0.15) is 5.75 Å². The molecular weight excluding hydrogens is 362 g/mol. The average Bonchev–Trinajstić information content (AvgIpc) is 3.54. The first-order chi connectivity index (χ1) is 14.3. The van der Waals surface area contributed by atoms with Gasteiger partial charge in [-0.05, 0) is 37.2 Å². The number of H-pyrrole nitrogens is 1. The molecule has 1 aliphatic rings. The molecular formula is C23H23N5O. The van der Waals surface area contributed by atoms with Crippen LogP contribution in [0.25, 0.3) is 33.8 Å². The summed E-state index contributed by atoms with van der Waals surface area (Å²) in [7, 11) is 1.68. The fourth-order valence-electron chi connectivity index (χ4n) is 4.03. The third-order valence-electron chi connectivity index (χ3n) is 5.54. The van der Waals surface area contributed by atoms with Crippen LogP contribution in [0.2, 0.25) is 0 Å². The monoisotopic (exact) mass is 385 g/mol. The Balaban J connectivity index is 1.67. The molecule has 29 heavy (non-hydrogen) atoms. The molecule has 0 saturated carbocycles. The first-order valence-corrected chi connectivity index (χ1v) is 9.86. The minimum absolute atomic E-state index is 0.383. The number of methoxy groups -OCH3 is 1. The fourth-order valence-corrected chi connectivity index (χ4v) is 4.03. The summed E-state index contributed by atoms with van der Waals surface area (Å²) in [5.41, 5.74) is 6.29. The molecule has 6 heteroatoms. The van der Waals surface area contributed by atoms with Crippen molar-refractivity contribution in [3.05, 3.63) is 67.1 Å². The molecule has 2 N–H and O–H groups in total. The number of benzene rings is 2. The quantitative estimate of drug-likeness (QED) is 0.542. The van der Waals surface area contributed by atoms with E-state index in [9.17, 15) is 0 Å². The number of hydrogen-bond donors (Lipinski definition) is 2. The van der Waals surface area contributed by atoms with Crippen molar-refractivity contribution in [3.8, 4) is 39.5 Å². The summed E-state index contributed by atoms with van der Waals surface area (Å²) in [5, 5.41) is 11.0. The largest absolute Gasteiger partial charge is 0.497 e. The molecule has 0 unspecified atom stereocenters. The highest BCUT2D eigenvalue weighted by molar-refractivity contribution is 5.86. The van der Waals surface area contributed by atoms with Gasteiger partial charge in [-0.3, -0.25) is 5.10 Å². The predicted octanol–water partition coefficient (Wildman–Crippen LogP) is 4.15. The maximum absolute atomic E-state index is 5.31. The number of imidazole rings is 1. The lowest BCUT2D eigenvalue weighted by Gasteiger charge is -2.16. The Bertz CT molecular complexity index is 1090. The van der Waals surface area contributed by atoms with E-state index in [1.165, 1.54) is 0 Å². The minimum atomic E-state index is 0.383. The van der Waals surface area contributed by atoms with E-state index in [4.69, 9.17) is 9.72 Å². The van der Waals surface area contributed by atoms with Gasteiger partial charge in [0.05, 0.1) is 36.7 Å². The van der Waals surface area contributed by atoms with Gasteiger partial charge in [-0.2, -0.15) is 5.10 Å². The number of nitrogens with one attached hydrogen (secondary N) is 2. The molecule has 0 amide bonds. The third-order valence-corrected chi connectivity index (χ3v) is 5.54. The van der Waals surface area contributed by atoms with E-state index in [-0.39, 0.29) is 0 Å².